The maximum absolute atomic E-state index is 12.5. The van der Waals surface area contributed by atoms with Crippen LogP contribution in [0.15, 0.2) is 42.5 Å². The second-order valence-electron chi connectivity index (χ2n) is 7.36. The summed E-state index contributed by atoms with van der Waals surface area (Å²) < 4.78 is 5.86. The Balaban J connectivity index is 1.57. The normalized spacial score (nSPS) is 16.1. The van der Waals surface area contributed by atoms with Crippen molar-refractivity contribution in [3.63, 3.8) is 0 Å². The molecule has 1 amide bonds. The summed E-state index contributed by atoms with van der Waals surface area (Å²) in [6.07, 6.45) is -0.567. The van der Waals surface area contributed by atoms with E-state index >= 15 is 0 Å². The molecule has 5 nitrogen and oxygen atoms in total. The zero-order valence-electron chi connectivity index (χ0n) is 16.7. The van der Waals surface area contributed by atoms with Crippen LogP contribution in [0, 0.1) is 13.8 Å². The van der Waals surface area contributed by atoms with Gasteiger partial charge < -0.3 is 19.9 Å². The highest BCUT2D eigenvalue weighted by atomic mass is 16.5. The Hall–Kier alpha value is -2.53. The number of hydrogen-bond acceptors (Lipinski definition) is 4. The number of benzene rings is 2. The lowest BCUT2D eigenvalue weighted by Crippen LogP contribution is -2.44. The Morgan fingerprint density at radius 3 is 2.37 bits per heavy atom. The Labute approximate surface area is 161 Å². The van der Waals surface area contributed by atoms with E-state index in [1.165, 1.54) is 5.69 Å². The van der Waals surface area contributed by atoms with Crippen molar-refractivity contribution >= 4 is 17.3 Å². The average Bonchev–Trinajstić information content (AvgIpc) is 2.66. The second kappa shape index (κ2) is 8.44. The van der Waals surface area contributed by atoms with Gasteiger partial charge in [0.25, 0.3) is 5.91 Å². The lowest BCUT2D eigenvalue weighted by molar-refractivity contribution is -0.122. The number of hydrogen-bond donors (Lipinski definition) is 1. The van der Waals surface area contributed by atoms with E-state index in [1.807, 2.05) is 44.2 Å². The smallest absolute Gasteiger partial charge is 0.265 e. The Morgan fingerprint density at radius 2 is 1.70 bits per heavy atom. The molecule has 0 unspecified atom stereocenters. The summed E-state index contributed by atoms with van der Waals surface area (Å²) >= 11 is 0. The molecule has 1 aliphatic rings. The second-order valence-corrected chi connectivity index (χ2v) is 7.36. The molecule has 0 aromatic heterocycles. The predicted octanol–water partition coefficient (Wildman–Crippen LogP) is 3.46. The van der Waals surface area contributed by atoms with Crippen LogP contribution in [0.2, 0.25) is 0 Å². The lowest BCUT2D eigenvalue weighted by atomic mass is 10.1. The van der Waals surface area contributed by atoms with Crippen LogP contribution in [-0.4, -0.2) is 50.1 Å². The van der Waals surface area contributed by atoms with Crippen LogP contribution in [0.1, 0.15) is 18.1 Å². The molecule has 0 radical (unpaired) electrons. The number of amides is 1. The molecule has 2 aromatic carbocycles. The van der Waals surface area contributed by atoms with Gasteiger partial charge in [-0.15, -0.1) is 0 Å². The van der Waals surface area contributed by atoms with E-state index in [9.17, 15) is 4.79 Å². The van der Waals surface area contributed by atoms with Gasteiger partial charge in [-0.3, -0.25) is 4.79 Å². The van der Waals surface area contributed by atoms with Crippen LogP contribution in [0.5, 0.6) is 5.75 Å². The molecule has 1 saturated heterocycles. The molecule has 0 spiro atoms. The molecule has 1 aliphatic heterocycles. The van der Waals surface area contributed by atoms with Crippen molar-refractivity contribution in [3.8, 4) is 5.75 Å². The minimum Gasteiger partial charge on any atom is -0.481 e. The van der Waals surface area contributed by atoms with Crippen molar-refractivity contribution in [3.05, 3.63) is 53.6 Å². The zero-order valence-corrected chi connectivity index (χ0v) is 16.7. The molecule has 1 atom stereocenters. The first-order valence-corrected chi connectivity index (χ1v) is 9.51. The molecule has 0 saturated carbocycles. The highest BCUT2D eigenvalue weighted by Crippen LogP contribution is 2.22. The van der Waals surface area contributed by atoms with E-state index in [1.54, 1.807) is 6.92 Å². The third-order valence-electron chi connectivity index (χ3n) is 5.02. The predicted molar refractivity (Wildman–Crippen MR) is 111 cm³/mol. The maximum atomic E-state index is 12.5. The Bertz CT molecular complexity index is 781. The molecule has 27 heavy (non-hydrogen) atoms. The van der Waals surface area contributed by atoms with Crippen molar-refractivity contribution < 1.29 is 9.53 Å². The minimum atomic E-state index is -0.567. The molecule has 5 heteroatoms. The number of carbonyl (C=O) groups excluding carboxylic acids is 1. The largest absolute Gasteiger partial charge is 0.481 e. The van der Waals surface area contributed by atoms with Gasteiger partial charge in [-0.1, -0.05) is 12.1 Å². The quantitative estimate of drug-likeness (QED) is 0.879. The molecule has 1 N–H and O–H groups in total. The summed E-state index contributed by atoms with van der Waals surface area (Å²) in [6, 6.07) is 14.0. The van der Waals surface area contributed by atoms with Crippen molar-refractivity contribution in [2.45, 2.75) is 26.9 Å². The average molecular weight is 367 g/mol. The van der Waals surface area contributed by atoms with Gasteiger partial charge in [0.1, 0.15) is 5.75 Å². The molecule has 1 fully saturated rings. The van der Waals surface area contributed by atoms with Gasteiger partial charge in [0.15, 0.2) is 6.10 Å². The summed E-state index contributed by atoms with van der Waals surface area (Å²) in [5.74, 6) is 0.603. The summed E-state index contributed by atoms with van der Waals surface area (Å²) in [7, 11) is 2.15. The summed E-state index contributed by atoms with van der Waals surface area (Å²) in [5, 5.41) is 2.94. The fourth-order valence-corrected chi connectivity index (χ4v) is 3.14. The topological polar surface area (TPSA) is 44.8 Å². The molecule has 2 aromatic rings. The fraction of sp³-hybridized carbons (Fsp3) is 0.409. The molecular weight excluding hydrogens is 338 g/mol. The number of carbonyl (C=O) groups is 1. The zero-order chi connectivity index (χ0) is 19.4. The highest BCUT2D eigenvalue weighted by Gasteiger charge is 2.17. The van der Waals surface area contributed by atoms with Crippen molar-refractivity contribution in [2.24, 2.45) is 0 Å². The first-order valence-electron chi connectivity index (χ1n) is 9.51. The van der Waals surface area contributed by atoms with Gasteiger partial charge in [-0.05, 0) is 69.3 Å². The van der Waals surface area contributed by atoms with Crippen LogP contribution in [0.4, 0.5) is 11.4 Å². The van der Waals surface area contributed by atoms with E-state index < -0.39 is 6.10 Å². The summed E-state index contributed by atoms with van der Waals surface area (Å²) in [4.78, 5) is 17.2. The number of rotatable bonds is 5. The highest BCUT2D eigenvalue weighted by molar-refractivity contribution is 5.94. The number of anilines is 2. The molecule has 1 heterocycles. The van der Waals surface area contributed by atoms with Gasteiger partial charge in [0, 0.05) is 37.6 Å². The van der Waals surface area contributed by atoms with Crippen molar-refractivity contribution in [1.82, 2.24) is 4.90 Å². The Morgan fingerprint density at radius 1 is 1.04 bits per heavy atom. The number of piperazine rings is 1. The van der Waals surface area contributed by atoms with E-state index in [0.29, 0.717) is 0 Å². The van der Waals surface area contributed by atoms with Crippen LogP contribution in [-0.2, 0) is 4.79 Å². The number of likely N-dealkylation sites (N-methyl/N-ethyl adjacent to an activating group) is 1. The SMILES string of the molecule is Cc1ccc(C)c(O[C@@H](C)C(=O)Nc2ccc(N3CCN(C)CC3)cc2)c1. The molecular formula is C22H29N3O2. The summed E-state index contributed by atoms with van der Waals surface area (Å²) in [5.41, 5.74) is 4.12. The first-order chi connectivity index (χ1) is 12.9. The van der Waals surface area contributed by atoms with E-state index in [4.69, 9.17) is 4.74 Å². The summed E-state index contributed by atoms with van der Waals surface area (Å²) in [6.45, 7) is 9.98. The van der Waals surface area contributed by atoms with Crippen LogP contribution in [0.3, 0.4) is 0 Å². The Kier molecular flexibility index (Phi) is 6.01. The standard InChI is InChI=1S/C22H29N3O2/c1-16-5-6-17(2)21(15-16)27-18(3)22(26)23-19-7-9-20(10-8-19)25-13-11-24(4)12-14-25/h5-10,15,18H,11-14H2,1-4H3,(H,23,26)/t18-/m0/s1. The van der Waals surface area contributed by atoms with Crippen molar-refractivity contribution in [2.75, 3.05) is 43.4 Å². The van der Waals surface area contributed by atoms with Crippen LogP contribution >= 0.6 is 0 Å². The molecule has 3 rings (SSSR count). The van der Waals surface area contributed by atoms with E-state index in [-0.39, 0.29) is 5.91 Å². The number of nitrogens with one attached hydrogen (secondary N) is 1. The molecule has 144 valence electrons. The van der Waals surface area contributed by atoms with Gasteiger partial charge in [-0.25, -0.2) is 0 Å². The number of nitrogens with zero attached hydrogens (tertiary/aromatic N) is 2. The molecule has 0 aliphatic carbocycles. The van der Waals surface area contributed by atoms with Gasteiger partial charge in [0.2, 0.25) is 0 Å². The lowest BCUT2D eigenvalue weighted by Gasteiger charge is -2.34. The third-order valence-corrected chi connectivity index (χ3v) is 5.02. The third kappa shape index (κ3) is 5.01. The van der Waals surface area contributed by atoms with Crippen molar-refractivity contribution in [1.29, 1.82) is 0 Å². The fourth-order valence-electron chi connectivity index (χ4n) is 3.14. The first kappa shape index (κ1) is 19.2. The van der Waals surface area contributed by atoms with Crippen LogP contribution in [0.25, 0.3) is 0 Å². The minimum absolute atomic E-state index is 0.150. The number of ether oxygens (including phenoxy) is 1. The van der Waals surface area contributed by atoms with Crippen LogP contribution < -0.4 is 15.0 Å². The maximum Gasteiger partial charge on any atom is 0.265 e. The van der Waals surface area contributed by atoms with Gasteiger partial charge in [0.05, 0.1) is 0 Å². The number of aryl methyl sites for hydroxylation is 2. The van der Waals surface area contributed by atoms with E-state index in [2.05, 4.69) is 34.3 Å². The van der Waals surface area contributed by atoms with E-state index in [0.717, 1.165) is 48.7 Å². The van der Waals surface area contributed by atoms with Gasteiger partial charge in [-0.2, -0.15) is 0 Å². The molecule has 0 bridgehead atoms. The monoisotopic (exact) mass is 367 g/mol. The van der Waals surface area contributed by atoms with Gasteiger partial charge >= 0.3 is 0 Å².